The van der Waals surface area contributed by atoms with Crippen LogP contribution in [-0.2, 0) is 0 Å². The van der Waals surface area contributed by atoms with Gasteiger partial charge in [0.05, 0.1) is 5.69 Å². The molecule has 0 unspecified atom stereocenters. The highest BCUT2D eigenvalue weighted by atomic mass is 79.9. The molecule has 104 valence electrons. The molecule has 2 heterocycles. The lowest BCUT2D eigenvalue weighted by Crippen LogP contribution is -2.44. The number of hydrogen-bond acceptors (Lipinski definition) is 4. The summed E-state index contributed by atoms with van der Waals surface area (Å²) in [6.45, 7) is 4.19. The molecule has 0 bridgehead atoms. The Morgan fingerprint density at radius 3 is 2.20 bits per heavy atom. The van der Waals surface area contributed by atoms with E-state index in [-0.39, 0.29) is 0 Å². The van der Waals surface area contributed by atoms with Crippen LogP contribution in [0.4, 0.5) is 5.82 Å². The topological polar surface area (TPSA) is 32.3 Å². The van der Waals surface area contributed by atoms with Crippen molar-refractivity contribution in [2.75, 3.05) is 38.1 Å². The maximum atomic E-state index is 4.37. The minimum Gasteiger partial charge on any atom is -0.353 e. The fourth-order valence-electron chi connectivity index (χ4n) is 2.30. The van der Waals surface area contributed by atoms with Gasteiger partial charge in [-0.1, -0.05) is 28.1 Å². The van der Waals surface area contributed by atoms with Gasteiger partial charge in [-0.2, -0.15) is 0 Å². The Labute approximate surface area is 127 Å². The Balaban J connectivity index is 1.76. The van der Waals surface area contributed by atoms with Gasteiger partial charge in [0.15, 0.2) is 5.82 Å². The Morgan fingerprint density at radius 2 is 1.60 bits per heavy atom. The molecule has 0 atom stereocenters. The monoisotopic (exact) mass is 332 g/mol. The van der Waals surface area contributed by atoms with Crippen LogP contribution in [0.5, 0.6) is 0 Å². The van der Waals surface area contributed by atoms with Crippen molar-refractivity contribution in [3.8, 4) is 11.3 Å². The van der Waals surface area contributed by atoms with Gasteiger partial charge in [-0.05, 0) is 31.3 Å². The normalized spacial score (nSPS) is 16.4. The molecule has 0 aliphatic carbocycles. The van der Waals surface area contributed by atoms with E-state index in [0.29, 0.717) is 0 Å². The maximum absolute atomic E-state index is 4.37. The molecule has 0 N–H and O–H groups in total. The zero-order chi connectivity index (χ0) is 13.9. The molecule has 5 heteroatoms. The zero-order valence-electron chi connectivity index (χ0n) is 11.5. The van der Waals surface area contributed by atoms with Gasteiger partial charge in [0.25, 0.3) is 0 Å². The van der Waals surface area contributed by atoms with Gasteiger partial charge < -0.3 is 9.80 Å². The largest absolute Gasteiger partial charge is 0.353 e. The summed E-state index contributed by atoms with van der Waals surface area (Å²) in [6.07, 6.45) is 0. The first-order valence-corrected chi connectivity index (χ1v) is 7.55. The molecule has 3 rings (SSSR count). The van der Waals surface area contributed by atoms with E-state index in [1.807, 2.05) is 30.3 Å². The second kappa shape index (κ2) is 5.89. The Kier molecular flexibility index (Phi) is 3.98. The highest BCUT2D eigenvalue weighted by Crippen LogP contribution is 2.21. The summed E-state index contributed by atoms with van der Waals surface area (Å²) in [5.74, 6) is 0.971. The van der Waals surface area contributed by atoms with E-state index >= 15 is 0 Å². The van der Waals surface area contributed by atoms with Crippen molar-refractivity contribution in [1.82, 2.24) is 15.1 Å². The molecule has 0 amide bonds. The van der Waals surface area contributed by atoms with Gasteiger partial charge in [0.2, 0.25) is 0 Å². The van der Waals surface area contributed by atoms with Crippen molar-refractivity contribution in [1.29, 1.82) is 0 Å². The van der Waals surface area contributed by atoms with E-state index in [9.17, 15) is 0 Å². The van der Waals surface area contributed by atoms with Crippen molar-refractivity contribution in [3.63, 3.8) is 0 Å². The second-order valence-corrected chi connectivity index (χ2v) is 5.99. The Bertz CT molecular complexity index is 559. The lowest BCUT2D eigenvalue weighted by molar-refractivity contribution is 0.312. The highest BCUT2D eigenvalue weighted by molar-refractivity contribution is 9.10. The highest BCUT2D eigenvalue weighted by Gasteiger charge is 2.15. The summed E-state index contributed by atoms with van der Waals surface area (Å²) < 4.78 is 1.07. The van der Waals surface area contributed by atoms with Crippen LogP contribution in [-0.4, -0.2) is 48.3 Å². The average Bonchev–Trinajstić information content (AvgIpc) is 2.49. The molecule has 4 nitrogen and oxygen atoms in total. The van der Waals surface area contributed by atoms with Crippen LogP contribution in [0.1, 0.15) is 0 Å². The van der Waals surface area contributed by atoms with E-state index in [2.05, 4.69) is 49.0 Å². The molecule has 1 aromatic heterocycles. The van der Waals surface area contributed by atoms with Gasteiger partial charge in [-0.3, -0.25) is 0 Å². The summed E-state index contributed by atoms with van der Waals surface area (Å²) in [4.78, 5) is 4.62. The fourth-order valence-corrected chi connectivity index (χ4v) is 2.57. The number of anilines is 1. The summed E-state index contributed by atoms with van der Waals surface area (Å²) >= 11 is 3.44. The number of piperazine rings is 1. The molecule has 20 heavy (non-hydrogen) atoms. The molecule has 1 aliphatic rings. The van der Waals surface area contributed by atoms with Crippen molar-refractivity contribution in [2.45, 2.75) is 0 Å². The number of nitrogens with zero attached hydrogens (tertiary/aromatic N) is 4. The Morgan fingerprint density at radius 1 is 0.900 bits per heavy atom. The molecule has 0 radical (unpaired) electrons. The van der Waals surface area contributed by atoms with Gasteiger partial charge in [0, 0.05) is 36.2 Å². The lowest BCUT2D eigenvalue weighted by atomic mass is 10.1. The minimum absolute atomic E-state index is 0.912. The van der Waals surface area contributed by atoms with E-state index in [1.165, 1.54) is 0 Å². The molecule has 1 fully saturated rings. The molecular formula is C15H17BrN4. The summed E-state index contributed by atoms with van der Waals surface area (Å²) in [5.41, 5.74) is 2.00. The van der Waals surface area contributed by atoms with E-state index in [1.54, 1.807) is 0 Å². The van der Waals surface area contributed by atoms with Crippen molar-refractivity contribution < 1.29 is 0 Å². The average molecular weight is 333 g/mol. The van der Waals surface area contributed by atoms with Crippen molar-refractivity contribution >= 4 is 21.7 Å². The minimum atomic E-state index is 0.912. The predicted molar refractivity (Wildman–Crippen MR) is 84.9 cm³/mol. The third-order valence-corrected chi connectivity index (χ3v) is 4.15. The molecule has 1 aromatic carbocycles. The third-order valence-electron chi connectivity index (χ3n) is 3.62. The number of hydrogen-bond donors (Lipinski definition) is 0. The SMILES string of the molecule is CN1CCN(c2ccc(-c3ccc(Br)cc3)nn2)CC1. The zero-order valence-corrected chi connectivity index (χ0v) is 13.0. The van der Waals surface area contributed by atoms with Crippen LogP contribution in [0.15, 0.2) is 40.9 Å². The van der Waals surface area contributed by atoms with Crippen LogP contribution in [0.2, 0.25) is 0 Å². The third kappa shape index (κ3) is 2.99. The number of halogens is 1. The van der Waals surface area contributed by atoms with Crippen LogP contribution < -0.4 is 4.90 Å². The van der Waals surface area contributed by atoms with E-state index in [4.69, 9.17) is 0 Å². The Hall–Kier alpha value is -1.46. The molecule has 0 saturated carbocycles. The van der Waals surface area contributed by atoms with Gasteiger partial charge in [-0.15, -0.1) is 10.2 Å². The van der Waals surface area contributed by atoms with Gasteiger partial charge in [0.1, 0.15) is 0 Å². The van der Waals surface area contributed by atoms with Crippen LogP contribution >= 0.6 is 15.9 Å². The number of likely N-dealkylation sites (N-methyl/N-ethyl adjacent to an activating group) is 1. The molecular weight excluding hydrogens is 316 g/mol. The fraction of sp³-hybridized carbons (Fsp3) is 0.333. The summed E-state index contributed by atoms with van der Waals surface area (Å²) in [5, 5.41) is 8.72. The number of rotatable bonds is 2. The molecule has 1 saturated heterocycles. The van der Waals surface area contributed by atoms with Gasteiger partial charge >= 0.3 is 0 Å². The lowest BCUT2D eigenvalue weighted by Gasteiger charge is -2.32. The van der Waals surface area contributed by atoms with E-state index < -0.39 is 0 Å². The van der Waals surface area contributed by atoms with Crippen LogP contribution in [0.25, 0.3) is 11.3 Å². The van der Waals surface area contributed by atoms with Crippen molar-refractivity contribution in [3.05, 3.63) is 40.9 Å². The molecule has 2 aromatic rings. The maximum Gasteiger partial charge on any atom is 0.151 e. The smallest absolute Gasteiger partial charge is 0.151 e. The molecule has 0 spiro atoms. The quantitative estimate of drug-likeness (QED) is 0.846. The second-order valence-electron chi connectivity index (χ2n) is 5.07. The first-order chi connectivity index (χ1) is 9.72. The van der Waals surface area contributed by atoms with Crippen molar-refractivity contribution in [2.24, 2.45) is 0 Å². The predicted octanol–water partition coefficient (Wildman–Crippen LogP) is 2.66. The van der Waals surface area contributed by atoms with Crippen LogP contribution in [0, 0.1) is 0 Å². The molecule has 1 aliphatic heterocycles. The summed E-state index contributed by atoms with van der Waals surface area (Å²) in [7, 11) is 2.15. The van der Waals surface area contributed by atoms with Crippen LogP contribution in [0.3, 0.4) is 0 Å². The summed E-state index contributed by atoms with van der Waals surface area (Å²) in [6, 6.07) is 12.2. The van der Waals surface area contributed by atoms with Gasteiger partial charge in [-0.25, -0.2) is 0 Å². The first kappa shape index (κ1) is 13.5. The number of benzene rings is 1. The van der Waals surface area contributed by atoms with E-state index in [0.717, 1.165) is 47.7 Å². The first-order valence-electron chi connectivity index (χ1n) is 6.75. The number of aromatic nitrogens is 2. The standard InChI is InChI=1S/C15H17BrN4/c1-19-8-10-20(11-9-19)15-7-6-14(17-18-15)12-2-4-13(16)5-3-12/h2-7H,8-11H2,1H3.